The van der Waals surface area contributed by atoms with Crippen molar-refractivity contribution in [1.82, 2.24) is 0 Å². The number of ketones is 1. The molecule has 0 radical (unpaired) electrons. The third-order valence-corrected chi connectivity index (χ3v) is 1.28. The number of rotatable bonds is 6. The molecule has 0 rings (SSSR count). The highest BCUT2D eigenvalue weighted by Gasteiger charge is 2.19. The molecule has 0 aromatic heterocycles. The summed E-state index contributed by atoms with van der Waals surface area (Å²) in [5.74, 6) is -1.79. The molecule has 0 atom stereocenters. The number of carbonyl (C=O) groups is 2. The first kappa shape index (κ1) is 12.6. The van der Waals surface area contributed by atoms with Gasteiger partial charge in [0.15, 0.2) is 6.67 Å². The summed E-state index contributed by atoms with van der Waals surface area (Å²) in [5, 5.41) is 0. The molecule has 0 amide bonds. The first-order chi connectivity index (χ1) is 6.67. The van der Waals surface area contributed by atoms with Crippen LogP contribution in [-0.4, -0.2) is 31.6 Å². The van der Waals surface area contributed by atoms with Crippen molar-refractivity contribution in [3.05, 3.63) is 11.8 Å². The molecule has 5 heteroatoms. The van der Waals surface area contributed by atoms with Gasteiger partial charge in [-0.25, -0.2) is 9.18 Å². The Morgan fingerprint density at radius 1 is 1.29 bits per heavy atom. The summed E-state index contributed by atoms with van der Waals surface area (Å²) >= 11 is 0. The van der Waals surface area contributed by atoms with E-state index in [1.165, 1.54) is 0 Å². The van der Waals surface area contributed by atoms with E-state index in [0.29, 0.717) is 6.61 Å². The van der Waals surface area contributed by atoms with Crippen molar-refractivity contribution in [2.24, 2.45) is 0 Å². The molecular weight excluding hydrogens is 191 g/mol. The molecule has 0 unspecified atom stereocenters. The minimum atomic E-state index is -1.24. The van der Waals surface area contributed by atoms with Gasteiger partial charge in [-0.3, -0.25) is 4.79 Å². The second kappa shape index (κ2) is 7.06. The molecular formula is C9H13FO4. The number of hydrogen-bond donors (Lipinski definition) is 0. The third-order valence-electron chi connectivity index (χ3n) is 1.28. The van der Waals surface area contributed by atoms with Gasteiger partial charge < -0.3 is 9.47 Å². The van der Waals surface area contributed by atoms with E-state index < -0.39 is 24.0 Å². The zero-order valence-corrected chi connectivity index (χ0v) is 8.21. The standard InChI is InChI=1S/C9H13FO4/c1-3-13-6-7(8(11)5-10)9(12)14-4-2/h6H,3-5H2,1-2H3/b7-6+. The van der Waals surface area contributed by atoms with Crippen LogP contribution in [0, 0.1) is 0 Å². The van der Waals surface area contributed by atoms with Crippen LogP contribution >= 0.6 is 0 Å². The number of halogens is 1. The molecule has 0 aliphatic carbocycles. The number of ether oxygens (including phenoxy) is 2. The molecule has 0 bridgehead atoms. The fourth-order valence-corrected chi connectivity index (χ4v) is 0.675. The Kier molecular flexibility index (Phi) is 6.36. The Morgan fingerprint density at radius 2 is 1.93 bits per heavy atom. The third kappa shape index (κ3) is 4.02. The van der Waals surface area contributed by atoms with Crippen LogP contribution in [0.15, 0.2) is 11.8 Å². The van der Waals surface area contributed by atoms with E-state index in [1.54, 1.807) is 13.8 Å². The average Bonchev–Trinajstić information content (AvgIpc) is 2.18. The molecule has 80 valence electrons. The lowest BCUT2D eigenvalue weighted by molar-refractivity contribution is -0.140. The van der Waals surface area contributed by atoms with Crippen LogP contribution in [0.25, 0.3) is 0 Å². The minimum absolute atomic E-state index is 0.127. The predicted molar refractivity (Wildman–Crippen MR) is 47.3 cm³/mol. The van der Waals surface area contributed by atoms with Gasteiger partial charge in [0.1, 0.15) is 11.8 Å². The van der Waals surface area contributed by atoms with Crippen LogP contribution in [0.2, 0.25) is 0 Å². The molecule has 0 aromatic rings. The number of carbonyl (C=O) groups excluding carboxylic acids is 2. The van der Waals surface area contributed by atoms with Crippen molar-refractivity contribution in [2.45, 2.75) is 13.8 Å². The Hall–Kier alpha value is -1.39. The molecule has 0 spiro atoms. The van der Waals surface area contributed by atoms with Crippen LogP contribution in [0.3, 0.4) is 0 Å². The van der Waals surface area contributed by atoms with Crippen LogP contribution < -0.4 is 0 Å². The van der Waals surface area contributed by atoms with Gasteiger partial charge in [-0.15, -0.1) is 0 Å². The zero-order valence-electron chi connectivity index (χ0n) is 8.21. The molecule has 0 aliphatic rings. The summed E-state index contributed by atoms with van der Waals surface area (Å²) in [6.45, 7) is 2.46. The molecule has 0 saturated carbocycles. The zero-order chi connectivity index (χ0) is 11.0. The van der Waals surface area contributed by atoms with Crippen LogP contribution in [0.4, 0.5) is 4.39 Å². The van der Waals surface area contributed by atoms with Crippen molar-refractivity contribution >= 4 is 11.8 Å². The lowest BCUT2D eigenvalue weighted by Crippen LogP contribution is -2.17. The van der Waals surface area contributed by atoms with E-state index in [4.69, 9.17) is 4.74 Å². The SMILES string of the molecule is CCO/C=C(\C(=O)CF)C(=O)OCC. The molecule has 0 N–H and O–H groups in total. The highest BCUT2D eigenvalue weighted by molar-refractivity contribution is 6.17. The van der Waals surface area contributed by atoms with Gasteiger partial charge in [0.05, 0.1) is 13.2 Å². The van der Waals surface area contributed by atoms with Gasteiger partial charge in [-0.2, -0.15) is 0 Å². The summed E-state index contributed by atoms with van der Waals surface area (Å²) in [7, 11) is 0. The quantitative estimate of drug-likeness (QED) is 0.213. The van der Waals surface area contributed by atoms with E-state index in [0.717, 1.165) is 6.26 Å². The van der Waals surface area contributed by atoms with Gasteiger partial charge in [0.25, 0.3) is 0 Å². The minimum Gasteiger partial charge on any atom is -0.500 e. The summed E-state index contributed by atoms with van der Waals surface area (Å²) in [6.07, 6.45) is 0.930. The monoisotopic (exact) mass is 204 g/mol. The van der Waals surface area contributed by atoms with Crippen LogP contribution in [-0.2, 0) is 19.1 Å². The number of hydrogen-bond acceptors (Lipinski definition) is 4. The van der Waals surface area contributed by atoms with Crippen molar-refractivity contribution in [3.8, 4) is 0 Å². The van der Waals surface area contributed by atoms with Crippen molar-refractivity contribution < 1.29 is 23.5 Å². The highest BCUT2D eigenvalue weighted by atomic mass is 19.1. The van der Waals surface area contributed by atoms with E-state index in [2.05, 4.69) is 4.74 Å². The molecule has 0 saturated heterocycles. The van der Waals surface area contributed by atoms with Gasteiger partial charge in [-0.05, 0) is 13.8 Å². The highest BCUT2D eigenvalue weighted by Crippen LogP contribution is 2.02. The average molecular weight is 204 g/mol. The first-order valence-corrected chi connectivity index (χ1v) is 4.25. The summed E-state index contributed by atoms with van der Waals surface area (Å²) in [4.78, 5) is 22.0. The topological polar surface area (TPSA) is 52.6 Å². The Labute approximate surface area is 81.7 Å². The molecule has 0 aromatic carbocycles. The molecule has 0 fully saturated rings. The number of Topliss-reactive ketones (excluding diaryl/α,β-unsaturated/α-hetero) is 1. The Balaban J connectivity index is 4.54. The van der Waals surface area contributed by atoms with E-state index in [9.17, 15) is 14.0 Å². The van der Waals surface area contributed by atoms with Crippen LogP contribution in [0.5, 0.6) is 0 Å². The lowest BCUT2D eigenvalue weighted by Gasteiger charge is -2.03. The summed E-state index contributed by atoms with van der Waals surface area (Å²) in [5.41, 5.74) is -0.392. The normalized spacial score (nSPS) is 10.9. The maximum atomic E-state index is 12.0. The smallest absolute Gasteiger partial charge is 0.345 e. The predicted octanol–water partition coefficient (Wildman–Crippen LogP) is 1.01. The van der Waals surface area contributed by atoms with E-state index >= 15 is 0 Å². The summed E-state index contributed by atoms with van der Waals surface area (Å²) < 4.78 is 21.3. The van der Waals surface area contributed by atoms with Gasteiger partial charge in [0.2, 0.25) is 5.78 Å². The van der Waals surface area contributed by atoms with Crippen molar-refractivity contribution in [2.75, 3.05) is 19.9 Å². The van der Waals surface area contributed by atoms with E-state index in [1.807, 2.05) is 0 Å². The Morgan fingerprint density at radius 3 is 2.36 bits per heavy atom. The first-order valence-electron chi connectivity index (χ1n) is 4.25. The second-order valence-electron chi connectivity index (χ2n) is 2.26. The van der Waals surface area contributed by atoms with E-state index in [-0.39, 0.29) is 6.61 Å². The molecule has 4 nitrogen and oxygen atoms in total. The van der Waals surface area contributed by atoms with Gasteiger partial charge >= 0.3 is 5.97 Å². The number of esters is 1. The maximum Gasteiger partial charge on any atom is 0.345 e. The van der Waals surface area contributed by atoms with Crippen LogP contribution in [0.1, 0.15) is 13.8 Å². The maximum absolute atomic E-state index is 12.0. The largest absolute Gasteiger partial charge is 0.500 e. The second-order valence-corrected chi connectivity index (χ2v) is 2.26. The van der Waals surface area contributed by atoms with Crippen molar-refractivity contribution in [1.29, 1.82) is 0 Å². The number of alkyl halides is 1. The Bertz CT molecular complexity index is 235. The van der Waals surface area contributed by atoms with Gasteiger partial charge in [0, 0.05) is 0 Å². The van der Waals surface area contributed by atoms with Gasteiger partial charge in [-0.1, -0.05) is 0 Å². The van der Waals surface area contributed by atoms with Crippen molar-refractivity contribution in [3.63, 3.8) is 0 Å². The molecule has 0 heterocycles. The fraction of sp³-hybridized carbons (Fsp3) is 0.556. The fourth-order valence-electron chi connectivity index (χ4n) is 0.675. The molecule has 14 heavy (non-hydrogen) atoms. The lowest BCUT2D eigenvalue weighted by atomic mass is 10.2. The summed E-state index contributed by atoms with van der Waals surface area (Å²) in [6, 6.07) is 0. The molecule has 0 aliphatic heterocycles.